The lowest BCUT2D eigenvalue weighted by Gasteiger charge is -2.23. The summed E-state index contributed by atoms with van der Waals surface area (Å²) in [6.45, 7) is 0. The number of aliphatic carboxylic acids is 3. The Morgan fingerprint density at radius 2 is 1.03 bits per heavy atom. The van der Waals surface area contributed by atoms with Gasteiger partial charge in [0.1, 0.15) is 18.1 Å². The largest absolute Gasteiger partial charge is 0.481 e. The monoisotopic (exact) mass is 490 g/mol. The van der Waals surface area contributed by atoms with E-state index in [0.717, 1.165) is 0 Å². The third-order valence-electron chi connectivity index (χ3n) is 4.08. The number of nitrogens with two attached hydrogens (primary N) is 3. The van der Waals surface area contributed by atoms with Gasteiger partial charge in [0.05, 0.1) is 25.3 Å². The number of hydrogen-bond donors (Lipinski definition) is 9. The maximum Gasteiger partial charge on any atom is 0.326 e. The van der Waals surface area contributed by atoms with Gasteiger partial charge in [-0.15, -0.1) is 0 Å². The predicted octanol–water partition coefficient (Wildman–Crippen LogP) is -5.06. The van der Waals surface area contributed by atoms with E-state index < -0.39 is 104 Å². The van der Waals surface area contributed by atoms with E-state index >= 15 is 0 Å². The molecule has 0 aromatic heterocycles. The lowest BCUT2D eigenvalue weighted by atomic mass is 10.1. The summed E-state index contributed by atoms with van der Waals surface area (Å²) in [7, 11) is 0. The van der Waals surface area contributed by atoms with Gasteiger partial charge in [0.25, 0.3) is 0 Å². The standard InChI is InChI=1S/C17H26N6O11/c18-6(3-11(20)25)14(30)22-8(4-12(26)27)16(32)23-9(5-13(28)29)15(31)21-7(17(33)34)1-2-10(19)24/h6-9H,1-5,18H2,(H2,19,24)(H2,20,25)(H,21,31)(H,22,30)(H,23,32)(H,26,27)(H,28,29)(H,33,34). The van der Waals surface area contributed by atoms with Crippen LogP contribution in [0.3, 0.4) is 0 Å². The van der Waals surface area contributed by atoms with Crippen molar-refractivity contribution in [2.75, 3.05) is 0 Å². The Hall–Kier alpha value is -4.28. The number of primary amides is 2. The van der Waals surface area contributed by atoms with Gasteiger partial charge < -0.3 is 48.5 Å². The first kappa shape index (κ1) is 29.7. The number of amides is 5. The third-order valence-corrected chi connectivity index (χ3v) is 4.08. The molecule has 4 atom stereocenters. The Kier molecular flexibility index (Phi) is 12.2. The van der Waals surface area contributed by atoms with Gasteiger partial charge in [-0.05, 0) is 6.42 Å². The minimum atomic E-state index is -1.90. The second kappa shape index (κ2) is 14.0. The van der Waals surface area contributed by atoms with Gasteiger partial charge in [0.2, 0.25) is 29.5 Å². The van der Waals surface area contributed by atoms with E-state index in [9.17, 15) is 38.4 Å². The van der Waals surface area contributed by atoms with Crippen molar-refractivity contribution >= 4 is 47.4 Å². The summed E-state index contributed by atoms with van der Waals surface area (Å²) in [4.78, 5) is 92.2. The van der Waals surface area contributed by atoms with Crippen molar-refractivity contribution in [1.29, 1.82) is 0 Å². The Balaban J connectivity index is 5.56. The number of carboxylic acid groups (broad SMARTS) is 3. The van der Waals surface area contributed by atoms with Crippen LogP contribution in [-0.4, -0.2) is 86.9 Å². The summed E-state index contributed by atoms with van der Waals surface area (Å²) in [5, 5.41) is 33.0. The Bertz CT molecular complexity index is 846. The average molecular weight is 490 g/mol. The fourth-order valence-electron chi connectivity index (χ4n) is 2.44. The molecule has 0 aliphatic heterocycles. The number of carbonyl (C=O) groups excluding carboxylic acids is 5. The van der Waals surface area contributed by atoms with Crippen molar-refractivity contribution in [1.82, 2.24) is 16.0 Å². The SMILES string of the molecule is NC(=O)CCC(NC(=O)C(CC(=O)O)NC(=O)C(CC(=O)O)NC(=O)C(N)CC(N)=O)C(=O)O. The molecule has 17 heteroatoms. The fraction of sp³-hybridized carbons (Fsp3) is 0.529. The first-order chi connectivity index (χ1) is 15.6. The Labute approximate surface area is 191 Å². The molecule has 0 saturated carbocycles. The maximum atomic E-state index is 12.5. The van der Waals surface area contributed by atoms with Crippen molar-refractivity contribution in [3.63, 3.8) is 0 Å². The van der Waals surface area contributed by atoms with Crippen LogP contribution in [0.25, 0.3) is 0 Å². The van der Waals surface area contributed by atoms with Crippen LogP contribution in [0.4, 0.5) is 0 Å². The van der Waals surface area contributed by atoms with Crippen LogP contribution in [0.15, 0.2) is 0 Å². The molecule has 5 amide bonds. The van der Waals surface area contributed by atoms with Gasteiger partial charge in [-0.25, -0.2) is 4.79 Å². The van der Waals surface area contributed by atoms with Gasteiger partial charge in [0.15, 0.2) is 0 Å². The number of rotatable bonds is 16. The van der Waals surface area contributed by atoms with E-state index in [-0.39, 0.29) is 0 Å². The first-order valence-electron chi connectivity index (χ1n) is 9.53. The first-order valence-corrected chi connectivity index (χ1v) is 9.53. The van der Waals surface area contributed by atoms with E-state index in [2.05, 4.69) is 0 Å². The zero-order valence-electron chi connectivity index (χ0n) is 17.7. The maximum absolute atomic E-state index is 12.5. The number of carbonyl (C=O) groups is 8. The van der Waals surface area contributed by atoms with E-state index in [1.165, 1.54) is 0 Å². The normalized spacial score (nSPS) is 13.9. The van der Waals surface area contributed by atoms with E-state index in [0.29, 0.717) is 0 Å². The summed E-state index contributed by atoms with van der Waals surface area (Å²) in [6.07, 6.45) is -3.54. The molecule has 4 unspecified atom stereocenters. The second-order valence-corrected chi connectivity index (χ2v) is 7.00. The highest BCUT2D eigenvalue weighted by atomic mass is 16.4. The third kappa shape index (κ3) is 11.9. The molecule has 0 spiro atoms. The average Bonchev–Trinajstić information content (AvgIpc) is 2.68. The fourth-order valence-corrected chi connectivity index (χ4v) is 2.44. The molecule has 0 rings (SSSR count). The van der Waals surface area contributed by atoms with E-state index in [1.807, 2.05) is 16.0 Å². The summed E-state index contributed by atoms with van der Waals surface area (Å²) < 4.78 is 0. The molecule has 0 aliphatic rings. The van der Waals surface area contributed by atoms with Gasteiger partial charge in [-0.2, -0.15) is 0 Å². The number of nitrogens with one attached hydrogen (secondary N) is 3. The molecule has 34 heavy (non-hydrogen) atoms. The van der Waals surface area contributed by atoms with Gasteiger partial charge in [0, 0.05) is 6.42 Å². The molecule has 0 aromatic carbocycles. The molecule has 17 nitrogen and oxygen atoms in total. The van der Waals surface area contributed by atoms with Crippen molar-refractivity contribution < 1.29 is 53.7 Å². The van der Waals surface area contributed by atoms with E-state index in [4.69, 9.17) is 32.5 Å². The Morgan fingerprint density at radius 1 is 0.618 bits per heavy atom. The van der Waals surface area contributed by atoms with Crippen molar-refractivity contribution in [3.05, 3.63) is 0 Å². The number of carboxylic acids is 3. The molecule has 0 saturated heterocycles. The van der Waals surface area contributed by atoms with Gasteiger partial charge in [-0.1, -0.05) is 0 Å². The predicted molar refractivity (Wildman–Crippen MR) is 108 cm³/mol. The van der Waals surface area contributed by atoms with Crippen LogP contribution in [0.5, 0.6) is 0 Å². The minimum absolute atomic E-state index is 0.425. The van der Waals surface area contributed by atoms with Crippen molar-refractivity contribution in [3.8, 4) is 0 Å². The number of hydrogen-bond acceptors (Lipinski definition) is 9. The minimum Gasteiger partial charge on any atom is -0.481 e. The summed E-state index contributed by atoms with van der Waals surface area (Å²) in [6, 6.07) is -6.93. The molecule has 190 valence electrons. The van der Waals surface area contributed by atoms with Gasteiger partial charge >= 0.3 is 17.9 Å². The molecule has 0 fully saturated rings. The van der Waals surface area contributed by atoms with Gasteiger partial charge in [-0.3, -0.25) is 33.6 Å². The molecular formula is C17H26N6O11. The van der Waals surface area contributed by atoms with Crippen molar-refractivity contribution in [2.45, 2.75) is 56.3 Å². The highest BCUT2D eigenvalue weighted by Gasteiger charge is 2.32. The smallest absolute Gasteiger partial charge is 0.326 e. The molecule has 0 radical (unpaired) electrons. The topological polar surface area (TPSA) is 311 Å². The summed E-state index contributed by atoms with van der Waals surface area (Å²) in [5.41, 5.74) is 15.3. The van der Waals surface area contributed by atoms with Crippen LogP contribution < -0.4 is 33.2 Å². The van der Waals surface area contributed by atoms with Crippen LogP contribution in [0.1, 0.15) is 32.1 Å². The molecule has 0 aromatic rings. The lowest BCUT2D eigenvalue weighted by molar-refractivity contribution is -0.145. The highest BCUT2D eigenvalue weighted by molar-refractivity contribution is 5.97. The van der Waals surface area contributed by atoms with Crippen LogP contribution in [0, 0.1) is 0 Å². The molecule has 0 bridgehead atoms. The summed E-state index contributed by atoms with van der Waals surface area (Å²) in [5.74, 6) is -10.3. The van der Waals surface area contributed by atoms with Crippen molar-refractivity contribution in [2.24, 2.45) is 17.2 Å². The molecule has 12 N–H and O–H groups in total. The second-order valence-electron chi connectivity index (χ2n) is 7.00. The van der Waals surface area contributed by atoms with Crippen LogP contribution in [-0.2, 0) is 38.4 Å². The zero-order valence-corrected chi connectivity index (χ0v) is 17.7. The quantitative estimate of drug-likeness (QED) is 0.0981. The summed E-state index contributed by atoms with van der Waals surface area (Å²) >= 11 is 0. The van der Waals surface area contributed by atoms with E-state index in [1.54, 1.807) is 0 Å². The highest BCUT2D eigenvalue weighted by Crippen LogP contribution is 2.03. The molecule has 0 aliphatic carbocycles. The molecular weight excluding hydrogens is 464 g/mol. The molecule has 0 heterocycles. The lowest BCUT2D eigenvalue weighted by Crippen LogP contribution is -2.58. The zero-order chi connectivity index (χ0) is 26.6. The van der Waals surface area contributed by atoms with Crippen LogP contribution >= 0.6 is 0 Å². The van der Waals surface area contributed by atoms with Crippen LogP contribution in [0.2, 0.25) is 0 Å². The Morgan fingerprint density at radius 3 is 1.38 bits per heavy atom.